The molecule has 0 bridgehead atoms. The first-order valence-corrected chi connectivity index (χ1v) is 9.89. The summed E-state index contributed by atoms with van der Waals surface area (Å²) in [6, 6.07) is 12.8. The van der Waals surface area contributed by atoms with Crippen molar-refractivity contribution in [2.75, 3.05) is 13.2 Å². The van der Waals surface area contributed by atoms with Crippen molar-refractivity contribution in [1.82, 2.24) is 10.6 Å². The number of nitrogens with one attached hydrogen (secondary N) is 2. The zero-order chi connectivity index (χ0) is 20.6. The van der Waals surface area contributed by atoms with Crippen LogP contribution in [0.2, 0.25) is 0 Å². The molecule has 7 heteroatoms. The molecule has 0 heterocycles. The van der Waals surface area contributed by atoms with Crippen molar-refractivity contribution >= 4 is 28.7 Å². The first kappa shape index (κ1) is 20.6. The summed E-state index contributed by atoms with van der Waals surface area (Å²) in [6.07, 6.45) is 4.20. The molecular weight excluding hydrogens is 372 g/mol. The summed E-state index contributed by atoms with van der Waals surface area (Å²) in [4.78, 5) is 35.5. The quantitative estimate of drug-likeness (QED) is 0.729. The fourth-order valence-electron chi connectivity index (χ4n) is 3.49. The number of esters is 1. The molecule has 2 atom stereocenters. The van der Waals surface area contributed by atoms with E-state index in [2.05, 4.69) is 17.6 Å². The minimum absolute atomic E-state index is 0.0643. The van der Waals surface area contributed by atoms with Gasteiger partial charge < -0.3 is 14.8 Å². The van der Waals surface area contributed by atoms with Crippen LogP contribution in [0, 0.1) is 5.92 Å². The van der Waals surface area contributed by atoms with Gasteiger partial charge in [0, 0.05) is 6.04 Å². The monoisotopic (exact) mass is 398 g/mol. The Labute approximate surface area is 169 Å². The predicted octanol–water partition coefficient (Wildman–Crippen LogP) is 3.17. The van der Waals surface area contributed by atoms with E-state index < -0.39 is 24.5 Å². The van der Waals surface area contributed by atoms with Crippen molar-refractivity contribution in [3.05, 3.63) is 42.5 Å². The highest BCUT2D eigenvalue weighted by Gasteiger charge is 2.23. The first-order valence-electron chi connectivity index (χ1n) is 9.89. The van der Waals surface area contributed by atoms with E-state index in [1.807, 2.05) is 36.4 Å². The Hall–Kier alpha value is -3.09. The molecule has 154 valence electrons. The third-order valence-electron chi connectivity index (χ3n) is 5.12. The number of carbonyl (C=O) groups excluding carboxylic acids is 3. The summed E-state index contributed by atoms with van der Waals surface area (Å²) in [5.41, 5.74) is 0. The van der Waals surface area contributed by atoms with Gasteiger partial charge in [0.25, 0.3) is 5.91 Å². The molecule has 0 aromatic heterocycles. The van der Waals surface area contributed by atoms with Gasteiger partial charge in [-0.1, -0.05) is 50.1 Å². The van der Waals surface area contributed by atoms with Crippen LogP contribution in [0.15, 0.2) is 42.5 Å². The van der Waals surface area contributed by atoms with Crippen LogP contribution in [0.1, 0.15) is 32.6 Å². The molecule has 0 spiro atoms. The Morgan fingerprint density at radius 3 is 2.55 bits per heavy atom. The molecule has 2 aromatic carbocycles. The Morgan fingerprint density at radius 1 is 1.00 bits per heavy atom. The Morgan fingerprint density at radius 2 is 1.76 bits per heavy atom. The van der Waals surface area contributed by atoms with Gasteiger partial charge in [0.1, 0.15) is 5.75 Å². The molecule has 1 aliphatic rings. The molecule has 3 amide bonds. The molecule has 0 unspecified atom stereocenters. The number of carbonyl (C=O) groups is 3. The molecule has 1 saturated carbocycles. The van der Waals surface area contributed by atoms with E-state index >= 15 is 0 Å². The summed E-state index contributed by atoms with van der Waals surface area (Å²) in [7, 11) is 0. The van der Waals surface area contributed by atoms with Crippen LogP contribution < -0.4 is 15.4 Å². The standard InChI is InChI=1S/C22H26N2O5/c1-15-6-2-5-9-19(15)23-22(27)24-20(25)13-29-21(26)14-28-18-11-10-16-7-3-4-8-17(16)12-18/h3-4,7-8,10-12,15,19H,2,5-6,9,13-14H2,1H3,(H2,23,24,25,27)/t15-,19+/m1/s1. The molecule has 29 heavy (non-hydrogen) atoms. The summed E-state index contributed by atoms with van der Waals surface area (Å²) < 4.78 is 10.3. The maximum Gasteiger partial charge on any atom is 0.344 e. The average Bonchev–Trinajstić information content (AvgIpc) is 2.72. The summed E-state index contributed by atoms with van der Waals surface area (Å²) in [5.74, 6) is -0.444. The maximum absolute atomic E-state index is 11.9. The van der Waals surface area contributed by atoms with Gasteiger partial charge in [0.05, 0.1) is 0 Å². The molecule has 2 N–H and O–H groups in total. The zero-order valence-electron chi connectivity index (χ0n) is 16.5. The van der Waals surface area contributed by atoms with E-state index in [9.17, 15) is 14.4 Å². The van der Waals surface area contributed by atoms with Crippen molar-refractivity contribution in [3.63, 3.8) is 0 Å². The van der Waals surface area contributed by atoms with Gasteiger partial charge in [0.15, 0.2) is 13.2 Å². The Balaban J connectivity index is 1.37. The fraction of sp³-hybridized carbons (Fsp3) is 0.409. The van der Waals surface area contributed by atoms with Crippen molar-refractivity contribution in [2.24, 2.45) is 5.92 Å². The Bertz CT molecular complexity index is 882. The number of urea groups is 1. The summed E-state index contributed by atoms with van der Waals surface area (Å²) >= 11 is 0. The molecule has 2 aromatic rings. The zero-order valence-corrected chi connectivity index (χ0v) is 16.5. The smallest absolute Gasteiger partial charge is 0.344 e. The van der Waals surface area contributed by atoms with Crippen LogP contribution in [-0.2, 0) is 14.3 Å². The second kappa shape index (κ2) is 9.91. The highest BCUT2D eigenvalue weighted by molar-refractivity contribution is 5.95. The number of rotatable bonds is 6. The summed E-state index contributed by atoms with van der Waals surface area (Å²) in [5, 5.41) is 7.07. The van der Waals surface area contributed by atoms with Gasteiger partial charge in [-0.15, -0.1) is 0 Å². The van der Waals surface area contributed by atoms with Crippen LogP contribution in [0.3, 0.4) is 0 Å². The number of fused-ring (bicyclic) bond motifs is 1. The lowest BCUT2D eigenvalue weighted by Gasteiger charge is -2.29. The molecular formula is C22H26N2O5. The van der Waals surface area contributed by atoms with Gasteiger partial charge in [-0.25, -0.2) is 9.59 Å². The molecule has 1 aliphatic carbocycles. The molecule has 7 nitrogen and oxygen atoms in total. The van der Waals surface area contributed by atoms with Crippen LogP contribution in [-0.4, -0.2) is 37.2 Å². The van der Waals surface area contributed by atoms with Crippen molar-refractivity contribution in [2.45, 2.75) is 38.6 Å². The normalized spacial score (nSPS) is 18.7. The van der Waals surface area contributed by atoms with E-state index in [-0.39, 0.29) is 12.6 Å². The number of hydrogen-bond acceptors (Lipinski definition) is 5. The van der Waals surface area contributed by atoms with Crippen molar-refractivity contribution < 1.29 is 23.9 Å². The third-order valence-corrected chi connectivity index (χ3v) is 5.12. The van der Waals surface area contributed by atoms with Crippen LogP contribution in [0.4, 0.5) is 4.79 Å². The van der Waals surface area contributed by atoms with E-state index in [0.717, 1.165) is 36.5 Å². The van der Waals surface area contributed by atoms with Crippen LogP contribution >= 0.6 is 0 Å². The van der Waals surface area contributed by atoms with Crippen LogP contribution in [0.5, 0.6) is 5.75 Å². The lowest BCUT2D eigenvalue weighted by atomic mass is 9.86. The van der Waals surface area contributed by atoms with E-state index in [4.69, 9.17) is 9.47 Å². The topological polar surface area (TPSA) is 93.7 Å². The second-order valence-corrected chi connectivity index (χ2v) is 7.35. The SMILES string of the molecule is C[C@@H]1CCCC[C@@H]1NC(=O)NC(=O)COC(=O)COc1ccc2ccccc2c1. The minimum atomic E-state index is -0.686. The highest BCUT2D eigenvalue weighted by Crippen LogP contribution is 2.23. The lowest BCUT2D eigenvalue weighted by Crippen LogP contribution is -2.48. The lowest BCUT2D eigenvalue weighted by molar-refractivity contribution is -0.150. The minimum Gasteiger partial charge on any atom is -0.482 e. The number of imide groups is 1. The Kier molecular flexibility index (Phi) is 7.05. The predicted molar refractivity (Wildman–Crippen MR) is 108 cm³/mol. The molecule has 0 aliphatic heterocycles. The van der Waals surface area contributed by atoms with Crippen molar-refractivity contribution in [1.29, 1.82) is 0 Å². The van der Waals surface area contributed by atoms with E-state index in [1.54, 1.807) is 6.07 Å². The number of ether oxygens (including phenoxy) is 2. The highest BCUT2D eigenvalue weighted by atomic mass is 16.6. The second-order valence-electron chi connectivity index (χ2n) is 7.35. The first-order chi connectivity index (χ1) is 14.0. The summed E-state index contributed by atoms with van der Waals surface area (Å²) in [6.45, 7) is 1.23. The largest absolute Gasteiger partial charge is 0.482 e. The molecule has 0 saturated heterocycles. The fourth-order valence-corrected chi connectivity index (χ4v) is 3.49. The number of amides is 3. The number of benzene rings is 2. The maximum atomic E-state index is 11.9. The van der Waals surface area contributed by atoms with Crippen molar-refractivity contribution in [3.8, 4) is 5.75 Å². The van der Waals surface area contributed by atoms with E-state index in [1.165, 1.54) is 0 Å². The van der Waals surface area contributed by atoms with Gasteiger partial charge in [-0.3, -0.25) is 10.1 Å². The van der Waals surface area contributed by atoms with Gasteiger partial charge >= 0.3 is 12.0 Å². The van der Waals surface area contributed by atoms with Gasteiger partial charge in [-0.2, -0.15) is 0 Å². The molecule has 1 fully saturated rings. The van der Waals surface area contributed by atoms with Crippen LogP contribution in [0.25, 0.3) is 10.8 Å². The van der Waals surface area contributed by atoms with E-state index in [0.29, 0.717) is 11.7 Å². The average molecular weight is 398 g/mol. The molecule has 3 rings (SSSR count). The van der Waals surface area contributed by atoms with Gasteiger partial charge in [0.2, 0.25) is 0 Å². The molecule has 0 radical (unpaired) electrons. The number of hydrogen-bond donors (Lipinski definition) is 2. The third kappa shape index (κ3) is 6.20. The van der Waals surface area contributed by atoms with Gasteiger partial charge in [-0.05, 0) is 41.7 Å².